The SMILES string of the molecule is On1ccc(C(F)(F)F)c1. The van der Waals surface area contributed by atoms with Crippen molar-refractivity contribution >= 4 is 0 Å². The number of rotatable bonds is 0. The minimum absolute atomic E-state index is 0.364. The summed E-state index contributed by atoms with van der Waals surface area (Å²) in [4.78, 5) is 0. The molecule has 1 N–H and O–H groups in total. The van der Waals surface area contributed by atoms with E-state index in [9.17, 15) is 13.2 Å². The lowest BCUT2D eigenvalue weighted by molar-refractivity contribution is -0.137. The van der Waals surface area contributed by atoms with Crippen LogP contribution in [-0.4, -0.2) is 9.94 Å². The predicted octanol–water partition coefficient (Wildman–Crippen LogP) is 1.74. The number of alkyl halides is 3. The average Bonchev–Trinajstić information content (AvgIpc) is 2.11. The molecule has 0 aliphatic carbocycles. The van der Waals surface area contributed by atoms with Gasteiger partial charge in [-0.1, -0.05) is 0 Å². The van der Waals surface area contributed by atoms with E-state index in [1.165, 1.54) is 0 Å². The number of hydrogen-bond acceptors (Lipinski definition) is 1. The molecule has 1 heterocycles. The monoisotopic (exact) mass is 151 g/mol. The smallest absolute Gasteiger partial charge is 0.417 e. The maximum atomic E-state index is 11.7. The van der Waals surface area contributed by atoms with E-state index < -0.39 is 11.7 Å². The van der Waals surface area contributed by atoms with Crippen LogP contribution in [0, 0.1) is 0 Å². The molecule has 5 heteroatoms. The van der Waals surface area contributed by atoms with Gasteiger partial charge in [0.15, 0.2) is 0 Å². The Bertz CT molecular complexity index is 227. The number of aromatic nitrogens is 1. The fourth-order valence-electron chi connectivity index (χ4n) is 0.553. The zero-order valence-electron chi connectivity index (χ0n) is 4.76. The third-order valence-corrected chi connectivity index (χ3v) is 1.01. The van der Waals surface area contributed by atoms with E-state index in [2.05, 4.69) is 0 Å². The van der Waals surface area contributed by atoms with Gasteiger partial charge in [0.05, 0.1) is 11.8 Å². The van der Waals surface area contributed by atoms with Crippen LogP contribution in [0.2, 0.25) is 0 Å². The van der Waals surface area contributed by atoms with Gasteiger partial charge in [0.2, 0.25) is 0 Å². The molecule has 1 rings (SSSR count). The Hall–Kier alpha value is -1.13. The molecule has 0 amide bonds. The zero-order chi connectivity index (χ0) is 7.78. The highest BCUT2D eigenvalue weighted by Crippen LogP contribution is 2.28. The average molecular weight is 151 g/mol. The van der Waals surface area contributed by atoms with Gasteiger partial charge in [-0.3, -0.25) is 0 Å². The van der Waals surface area contributed by atoms with Crippen LogP contribution < -0.4 is 0 Å². The highest BCUT2D eigenvalue weighted by Gasteiger charge is 2.31. The van der Waals surface area contributed by atoms with Gasteiger partial charge >= 0.3 is 6.18 Å². The molecule has 0 aromatic carbocycles. The molecule has 0 fully saturated rings. The molecular formula is C5H4F3NO. The van der Waals surface area contributed by atoms with Crippen molar-refractivity contribution in [1.82, 2.24) is 4.73 Å². The Morgan fingerprint density at radius 3 is 2.20 bits per heavy atom. The van der Waals surface area contributed by atoms with Crippen molar-refractivity contribution in [2.24, 2.45) is 0 Å². The van der Waals surface area contributed by atoms with Gasteiger partial charge < -0.3 is 5.21 Å². The summed E-state index contributed by atoms with van der Waals surface area (Å²) in [5, 5.41) is 8.43. The molecule has 1 aromatic rings. The standard InChI is InChI=1S/C5H4F3NO/c6-5(7,8)4-1-2-9(10)3-4/h1-3,10H. The van der Waals surface area contributed by atoms with Gasteiger partial charge in [0.1, 0.15) is 0 Å². The molecule has 0 spiro atoms. The molecule has 0 aliphatic heterocycles. The summed E-state index contributed by atoms with van der Waals surface area (Å²) in [6.45, 7) is 0. The van der Waals surface area contributed by atoms with E-state index in [-0.39, 0.29) is 0 Å². The summed E-state index contributed by atoms with van der Waals surface area (Å²) >= 11 is 0. The Morgan fingerprint density at radius 1 is 1.40 bits per heavy atom. The molecular weight excluding hydrogens is 147 g/mol. The van der Waals surface area contributed by atoms with Crippen LogP contribution in [0.25, 0.3) is 0 Å². The van der Waals surface area contributed by atoms with Gasteiger partial charge in [-0.25, -0.2) is 4.73 Å². The van der Waals surface area contributed by atoms with Crippen LogP contribution in [0.5, 0.6) is 0 Å². The van der Waals surface area contributed by atoms with Crippen molar-refractivity contribution in [3.63, 3.8) is 0 Å². The first-order chi connectivity index (χ1) is 4.50. The first kappa shape index (κ1) is 6.98. The van der Waals surface area contributed by atoms with Crippen LogP contribution in [-0.2, 0) is 6.18 Å². The number of nitrogens with zero attached hydrogens (tertiary/aromatic N) is 1. The molecule has 0 unspecified atom stereocenters. The van der Waals surface area contributed by atoms with Gasteiger partial charge in [-0.15, -0.1) is 0 Å². The summed E-state index contributed by atoms with van der Waals surface area (Å²) in [7, 11) is 0. The van der Waals surface area contributed by atoms with E-state index in [4.69, 9.17) is 5.21 Å². The molecule has 0 atom stereocenters. The van der Waals surface area contributed by atoms with E-state index >= 15 is 0 Å². The number of halogens is 3. The van der Waals surface area contributed by atoms with E-state index in [1.807, 2.05) is 0 Å². The summed E-state index contributed by atoms with van der Waals surface area (Å²) in [5.41, 5.74) is -0.852. The lowest BCUT2D eigenvalue weighted by Crippen LogP contribution is -2.02. The highest BCUT2D eigenvalue weighted by atomic mass is 19.4. The maximum absolute atomic E-state index is 11.7. The van der Waals surface area contributed by atoms with Crippen LogP contribution in [0.15, 0.2) is 18.5 Å². The lowest BCUT2D eigenvalue weighted by Gasteiger charge is -2.00. The molecule has 1 aromatic heterocycles. The zero-order valence-corrected chi connectivity index (χ0v) is 4.76. The Labute approximate surface area is 54.5 Å². The van der Waals surface area contributed by atoms with Gasteiger partial charge in [0, 0.05) is 6.20 Å². The third-order valence-electron chi connectivity index (χ3n) is 1.01. The first-order valence-corrected chi connectivity index (χ1v) is 2.44. The summed E-state index contributed by atoms with van der Waals surface area (Å²) in [6, 6.07) is 0.792. The van der Waals surface area contributed by atoms with Gasteiger partial charge in [0.25, 0.3) is 0 Å². The van der Waals surface area contributed by atoms with Crippen molar-refractivity contribution in [3.8, 4) is 0 Å². The first-order valence-electron chi connectivity index (χ1n) is 2.44. The Balaban J connectivity index is 2.96. The summed E-state index contributed by atoms with van der Waals surface area (Å²) < 4.78 is 35.4. The van der Waals surface area contributed by atoms with Crippen molar-refractivity contribution in [1.29, 1.82) is 0 Å². The lowest BCUT2D eigenvalue weighted by atomic mass is 10.3. The van der Waals surface area contributed by atoms with E-state index in [0.29, 0.717) is 10.9 Å². The van der Waals surface area contributed by atoms with Crippen LogP contribution in [0.4, 0.5) is 13.2 Å². The fraction of sp³-hybridized carbons (Fsp3) is 0.200. The molecule has 0 bridgehead atoms. The predicted molar refractivity (Wildman–Crippen MR) is 26.6 cm³/mol. The third kappa shape index (κ3) is 1.23. The number of hydrogen-bond donors (Lipinski definition) is 1. The molecule has 10 heavy (non-hydrogen) atoms. The summed E-state index contributed by atoms with van der Waals surface area (Å²) in [6.07, 6.45) is -2.85. The van der Waals surface area contributed by atoms with Crippen LogP contribution >= 0.6 is 0 Å². The van der Waals surface area contributed by atoms with Crippen molar-refractivity contribution in [2.75, 3.05) is 0 Å². The minimum atomic E-state index is -4.37. The second-order valence-corrected chi connectivity index (χ2v) is 1.78. The Morgan fingerprint density at radius 2 is 2.00 bits per heavy atom. The van der Waals surface area contributed by atoms with E-state index in [1.54, 1.807) is 0 Å². The minimum Gasteiger partial charge on any atom is -0.429 e. The second-order valence-electron chi connectivity index (χ2n) is 1.78. The fourth-order valence-corrected chi connectivity index (χ4v) is 0.553. The molecule has 56 valence electrons. The maximum Gasteiger partial charge on any atom is 0.417 e. The Kier molecular flexibility index (Phi) is 1.35. The van der Waals surface area contributed by atoms with Gasteiger partial charge in [-0.2, -0.15) is 13.2 Å². The summed E-state index contributed by atoms with van der Waals surface area (Å²) in [5.74, 6) is 0. The highest BCUT2D eigenvalue weighted by molar-refractivity contribution is 5.12. The molecule has 0 saturated heterocycles. The van der Waals surface area contributed by atoms with Crippen molar-refractivity contribution in [3.05, 3.63) is 24.0 Å². The molecule has 2 nitrogen and oxygen atoms in total. The topological polar surface area (TPSA) is 25.2 Å². The van der Waals surface area contributed by atoms with E-state index in [0.717, 1.165) is 12.3 Å². The normalized spacial score (nSPS) is 11.9. The van der Waals surface area contributed by atoms with Crippen molar-refractivity contribution < 1.29 is 18.4 Å². The molecule has 0 radical (unpaired) electrons. The quantitative estimate of drug-likeness (QED) is 0.561. The van der Waals surface area contributed by atoms with Gasteiger partial charge in [-0.05, 0) is 6.07 Å². The second kappa shape index (κ2) is 1.93. The molecule has 0 saturated carbocycles. The molecule has 0 aliphatic rings. The van der Waals surface area contributed by atoms with Crippen LogP contribution in [0.1, 0.15) is 5.56 Å². The van der Waals surface area contributed by atoms with Crippen molar-refractivity contribution in [2.45, 2.75) is 6.18 Å². The van der Waals surface area contributed by atoms with Crippen LogP contribution in [0.3, 0.4) is 0 Å². The largest absolute Gasteiger partial charge is 0.429 e.